The zero-order valence-corrected chi connectivity index (χ0v) is 11.4. The minimum Gasteiger partial charge on any atom is -0.294 e. The molecular formula is C12H9BrFNOS. The Hall–Kier alpha value is -1.07. The number of halogens is 2. The number of Topliss-reactive ketones (excluding diaryl/α,β-unsaturated/α-hetero) is 1. The van der Waals surface area contributed by atoms with Crippen molar-refractivity contribution in [3.8, 4) is 0 Å². The predicted molar refractivity (Wildman–Crippen MR) is 69.0 cm³/mol. The fraction of sp³-hybridized carbons (Fsp3) is 0.167. The lowest BCUT2D eigenvalue weighted by molar-refractivity contribution is 0.0987. The number of carbonyl (C=O) groups excluding carboxylic acids is 1. The number of carbonyl (C=O) groups is 1. The maximum absolute atomic E-state index is 13.5. The van der Waals surface area contributed by atoms with Gasteiger partial charge in [0.05, 0.1) is 22.7 Å². The summed E-state index contributed by atoms with van der Waals surface area (Å²) in [6.45, 7) is 1.87. The van der Waals surface area contributed by atoms with Gasteiger partial charge in [0.25, 0.3) is 0 Å². The Balaban J connectivity index is 2.26. The van der Waals surface area contributed by atoms with Gasteiger partial charge in [-0.05, 0) is 35.0 Å². The third-order valence-electron chi connectivity index (χ3n) is 2.25. The number of ketones is 1. The predicted octanol–water partition coefficient (Wildman–Crippen LogP) is 3.78. The molecule has 2 nitrogen and oxygen atoms in total. The van der Waals surface area contributed by atoms with E-state index in [1.54, 1.807) is 12.1 Å². The average molecular weight is 314 g/mol. The molecule has 0 saturated heterocycles. The first-order chi connectivity index (χ1) is 8.08. The minimum absolute atomic E-state index is 0.0955. The number of hydrogen-bond donors (Lipinski definition) is 0. The summed E-state index contributed by atoms with van der Waals surface area (Å²) in [6, 6.07) is 4.50. The topological polar surface area (TPSA) is 30.0 Å². The van der Waals surface area contributed by atoms with Crippen LogP contribution in [0.3, 0.4) is 0 Å². The monoisotopic (exact) mass is 313 g/mol. The van der Waals surface area contributed by atoms with Crippen LogP contribution >= 0.6 is 27.3 Å². The SMILES string of the molecule is Cc1nc(CC(=O)c2c(F)cccc2Br)cs1. The third-order valence-corrected chi connectivity index (χ3v) is 3.73. The highest BCUT2D eigenvalue weighted by Gasteiger charge is 2.16. The van der Waals surface area contributed by atoms with E-state index in [1.165, 1.54) is 17.4 Å². The number of thiazole rings is 1. The molecule has 2 aromatic rings. The van der Waals surface area contributed by atoms with Crippen molar-refractivity contribution in [1.29, 1.82) is 0 Å². The van der Waals surface area contributed by atoms with Gasteiger partial charge in [0.2, 0.25) is 0 Å². The van der Waals surface area contributed by atoms with Gasteiger partial charge in [-0.2, -0.15) is 0 Å². The zero-order chi connectivity index (χ0) is 12.4. The lowest BCUT2D eigenvalue weighted by Gasteiger charge is -2.03. The fourth-order valence-electron chi connectivity index (χ4n) is 1.51. The van der Waals surface area contributed by atoms with Crippen molar-refractivity contribution in [3.63, 3.8) is 0 Å². The largest absolute Gasteiger partial charge is 0.294 e. The molecule has 0 aliphatic heterocycles. The molecule has 0 N–H and O–H groups in total. The molecule has 88 valence electrons. The van der Waals surface area contributed by atoms with Crippen LogP contribution in [0, 0.1) is 12.7 Å². The van der Waals surface area contributed by atoms with Crippen molar-refractivity contribution < 1.29 is 9.18 Å². The molecule has 1 aromatic carbocycles. The van der Waals surface area contributed by atoms with Crippen molar-refractivity contribution in [2.45, 2.75) is 13.3 Å². The highest BCUT2D eigenvalue weighted by atomic mass is 79.9. The molecule has 0 bridgehead atoms. The average Bonchev–Trinajstić information content (AvgIpc) is 2.63. The van der Waals surface area contributed by atoms with Crippen LogP contribution in [-0.4, -0.2) is 10.8 Å². The van der Waals surface area contributed by atoms with E-state index < -0.39 is 5.82 Å². The van der Waals surface area contributed by atoms with Crippen LogP contribution in [0.4, 0.5) is 4.39 Å². The van der Waals surface area contributed by atoms with Gasteiger partial charge in [-0.3, -0.25) is 4.79 Å². The molecule has 5 heteroatoms. The molecule has 0 aliphatic rings. The van der Waals surface area contributed by atoms with Crippen molar-refractivity contribution in [2.24, 2.45) is 0 Å². The summed E-state index contributed by atoms with van der Waals surface area (Å²) < 4.78 is 14.0. The van der Waals surface area contributed by atoms with Crippen molar-refractivity contribution >= 4 is 33.0 Å². The summed E-state index contributed by atoms with van der Waals surface area (Å²) in [4.78, 5) is 16.2. The summed E-state index contributed by atoms with van der Waals surface area (Å²) in [5, 5.41) is 2.72. The van der Waals surface area contributed by atoms with Crippen LogP contribution in [0.25, 0.3) is 0 Å². The molecule has 0 atom stereocenters. The number of rotatable bonds is 3. The van der Waals surface area contributed by atoms with Crippen LogP contribution in [0.5, 0.6) is 0 Å². The van der Waals surface area contributed by atoms with Crippen LogP contribution < -0.4 is 0 Å². The Bertz CT molecular complexity index is 547. The smallest absolute Gasteiger partial charge is 0.172 e. The van der Waals surface area contributed by atoms with Crippen LogP contribution in [0.2, 0.25) is 0 Å². The second kappa shape index (κ2) is 5.06. The normalized spacial score (nSPS) is 10.5. The highest BCUT2D eigenvalue weighted by Crippen LogP contribution is 2.21. The van der Waals surface area contributed by atoms with Gasteiger partial charge in [-0.25, -0.2) is 9.37 Å². The lowest BCUT2D eigenvalue weighted by Crippen LogP contribution is -2.07. The van der Waals surface area contributed by atoms with E-state index in [-0.39, 0.29) is 17.8 Å². The van der Waals surface area contributed by atoms with E-state index in [4.69, 9.17) is 0 Å². The van der Waals surface area contributed by atoms with E-state index in [9.17, 15) is 9.18 Å². The Morgan fingerprint density at radius 2 is 2.29 bits per heavy atom. The summed E-state index contributed by atoms with van der Waals surface area (Å²) in [5.41, 5.74) is 0.783. The lowest BCUT2D eigenvalue weighted by atomic mass is 10.1. The van der Waals surface area contributed by atoms with Crippen molar-refractivity contribution in [1.82, 2.24) is 4.98 Å². The van der Waals surface area contributed by atoms with Crippen LogP contribution in [0.1, 0.15) is 21.1 Å². The molecule has 1 heterocycles. The van der Waals surface area contributed by atoms with Gasteiger partial charge in [0, 0.05) is 9.85 Å². The maximum Gasteiger partial charge on any atom is 0.172 e. The minimum atomic E-state index is -0.503. The van der Waals surface area contributed by atoms with Crippen LogP contribution in [-0.2, 0) is 6.42 Å². The number of nitrogens with zero attached hydrogens (tertiary/aromatic N) is 1. The molecule has 0 unspecified atom stereocenters. The molecular weight excluding hydrogens is 305 g/mol. The zero-order valence-electron chi connectivity index (χ0n) is 9.04. The van der Waals surface area contributed by atoms with E-state index in [0.29, 0.717) is 10.2 Å². The maximum atomic E-state index is 13.5. The Morgan fingerprint density at radius 3 is 2.88 bits per heavy atom. The third kappa shape index (κ3) is 2.79. The Labute approximate surface area is 111 Å². The van der Waals surface area contributed by atoms with Crippen molar-refractivity contribution in [2.75, 3.05) is 0 Å². The molecule has 2 rings (SSSR count). The van der Waals surface area contributed by atoms with Crippen LogP contribution in [0.15, 0.2) is 28.1 Å². The van der Waals surface area contributed by atoms with Crippen molar-refractivity contribution in [3.05, 3.63) is 50.1 Å². The molecule has 0 spiro atoms. The first kappa shape index (κ1) is 12.4. The molecule has 17 heavy (non-hydrogen) atoms. The number of benzene rings is 1. The Morgan fingerprint density at radius 1 is 1.53 bits per heavy atom. The van der Waals surface area contributed by atoms with Gasteiger partial charge < -0.3 is 0 Å². The van der Waals surface area contributed by atoms with Gasteiger partial charge >= 0.3 is 0 Å². The fourth-order valence-corrected chi connectivity index (χ4v) is 2.68. The van der Waals surface area contributed by atoms with E-state index in [2.05, 4.69) is 20.9 Å². The van der Waals surface area contributed by atoms with E-state index in [0.717, 1.165) is 5.01 Å². The quantitative estimate of drug-likeness (QED) is 0.807. The van der Waals surface area contributed by atoms with Gasteiger partial charge in [-0.1, -0.05) is 6.07 Å². The summed E-state index contributed by atoms with van der Waals surface area (Å²) in [7, 11) is 0. The first-order valence-corrected chi connectivity index (χ1v) is 6.63. The summed E-state index contributed by atoms with van der Waals surface area (Å²) >= 11 is 4.67. The summed E-state index contributed by atoms with van der Waals surface area (Å²) in [5.74, 6) is -0.767. The second-order valence-corrected chi connectivity index (χ2v) is 5.47. The summed E-state index contributed by atoms with van der Waals surface area (Å²) in [6.07, 6.45) is 0.129. The number of hydrogen-bond acceptors (Lipinski definition) is 3. The molecule has 0 saturated carbocycles. The molecule has 0 aliphatic carbocycles. The van der Waals surface area contributed by atoms with Gasteiger partial charge in [0.1, 0.15) is 5.82 Å². The molecule has 0 amide bonds. The molecule has 0 fully saturated rings. The first-order valence-electron chi connectivity index (χ1n) is 4.96. The number of aromatic nitrogens is 1. The standard InChI is InChI=1S/C12H9BrFNOS/c1-7-15-8(6-17-7)5-11(16)12-9(13)3-2-4-10(12)14/h2-4,6H,5H2,1H3. The van der Waals surface area contributed by atoms with E-state index in [1.807, 2.05) is 12.3 Å². The number of aryl methyl sites for hydroxylation is 1. The Kier molecular flexibility index (Phi) is 3.69. The van der Waals surface area contributed by atoms with E-state index >= 15 is 0 Å². The van der Waals surface area contributed by atoms with Gasteiger partial charge in [0.15, 0.2) is 5.78 Å². The molecule has 1 aromatic heterocycles. The highest BCUT2D eigenvalue weighted by molar-refractivity contribution is 9.10. The van der Waals surface area contributed by atoms with Gasteiger partial charge in [-0.15, -0.1) is 11.3 Å². The molecule has 0 radical (unpaired) electrons. The second-order valence-electron chi connectivity index (χ2n) is 3.55.